The molecule has 0 heterocycles. The molecule has 1 aliphatic carbocycles. The molecule has 0 saturated heterocycles. The summed E-state index contributed by atoms with van der Waals surface area (Å²) >= 11 is 0. The third-order valence-electron chi connectivity index (χ3n) is 3.66. The lowest BCUT2D eigenvalue weighted by Crippen LogP contribution is -2.28. The summed E-state index contributed by atoms with van der Waals surface area (Å²) in [5, 5.41) is 3.40. The molecule has 2 rings (SSSR count). The number of hydrogen-bond donors (Lipinski definition) is 1. The Kier molecular flexibility index (Phi) is 5.56. The lowest BCUT2D eigenvalue weighted by molar-refractivity contribution is 0.462. The summed E-state index contributed by atoms with van der Waals surface area (Å²) in [6.45, 7) is 4.90. The Morgan fingerprint density at radius 3 is 2.86 bits per heavy atom. The number of rotatable bonds is 9. The van der Waals surface area contributed by atoms with Crippen molar-refractivity contribution in [2.24, 2.45) is 0 Å². The topological polar surface area (TPSA) is 49.4 Å². The first kappa shape index (κ1) is 16.2. The van der Waals surface area contributed by atoms with Gasteiger partial charge in [0.15, 0.2) is 0 Å². The van der Waals surface area contributed by atoms with Crippen molar-refractivity contribution < 1.29 is 8.42 Å². The Bertz CT molecular complexity index is 580. The number of benzene rings is 1. The highest BCUT2D eigenvalue weighted by Gasteiger charge is 2.22. The molecule has 0 radical (unpaired) electrons. The van der Waals surface area contributed by atoms with Crippen LogP contribution in [-0.2, 0) is 16.6 Å². The van der Waals surface area contributed by atoms with Crippen LogP contribution in [0.15, 0.2) is 41.8 Å². The van der Waals surface area contributed by atoms with Crippen LogP contribution in [0.2, 0.25) is 0 Å². The van der Waals surface area contributed by atoms with E-state index >= 15 is 0 Å². The molecule has 0 aliphatic heterocycles. The highest BCUT2D eigenvalue weighted by molar-refractivity contribution is 7.89. The molecule has 0 unspecified atom stereocenters. The molecular weight excluding hydrogens is 284 g/mol. The van der Waals surface area contributed by atoms with Gasteiger partial charge in [0.25, 0.3) is 0 Å². The summed E-state index contributed by atoms with van der Waals surface area (Å²) in [6, 6.07) is 7.83. The maximum absolute atomic E-state index is 12.5. The third-order valence-corrected chi connectivity index (χ3v) is 5.51. The smallest absolute Gasteiger partial charge is 0.242 e. The number of nitrogens with zero attached hydrogens (tertiary/aromatic N) is 1. The van der Waals surface area contributed by atoms with E-state index in [1.165, 1.54) is 17.1 Å². The minimum absolute atomic E-state index is 0.374. The second-order valence-corrected chi connectivity index (χ2v) is 7.60. The van der Waals surface area contributed by atoms with Crippen LogP contribution in [0.3, 0.4) is 0 Å². The molecule has 1 fully saturated rings. The van der Waals surface area contributed by atoms with E-state index in [9.17, 15) is 8.42 Å². The number of sulfonamides is 1. The molecule has 1 aromatic carbocycles. The maximum Gasteiger partial charge on any atom is 0.242 e. The van der Waals surface area contributed by atoms with Crippen molar-refractivity contribution >= 4 is 10.0 Å². The van der Waals surface area contributed by atoms with Gasteiger partial charge in [0, 0.05) is 26.2 Å². The Morgan fingerprint density at radius 1 is 1.43 bits per heavy atom. The van der Waals surface area contributed by atoms with Crippen LogP contribution in [0.4, 0.5) is 0 Å². The second kappa shape index (κ2) is 7.20. The second-order valence-electron chi connectivity index (χ2n) is 5.56. The molecule has 0 bridgehead atoms. The van der Waals surface area contributed by atoms with Crippen LogP contribution in [0, 0.1) is 0 Å². The van der Waals surface area contributed by atoms with E-state index in [1.54, 1.807) is 19.2 Å². The van der Waals surface area contributed by atoms with E-state index in [2.05, 4.69) is 11.9 Å². The van der Waals surface area contributed by atoms with Crippen molar-refractivity contribution in [3.8, 4) is 0 Å². The Hall–Kier alpha value is -1.17. The highest BCUT2D eigenvalue weighted by Crippen LogP contribution is 2.20. The lowest BCUT2D eigenvalue weighted by atomic mass is 10.2. The summed E-state index contributed by atoms with van der Waals surface area (Å²) in [4.78, 5) is 0.374. The molecule has 4 nitrogen and oxygen atoms in total. The summed E-state index contributed by atoms with van der Waals surface area (Å²) in [6.07, 6.45) is 5.88. The number of nitrogens with one attached hydrogen (secondary N) is 1. The van der Waals surface area contributed by atoms with E-state index in [0.717, 1.165) is 24.9 Å². The van der Waals surface area contributed by atoms with Crippen LogP contribution in [0.5, 0.6) is 0 Å². The minimum Gasteiger partial charge on any atom is -0.310 e. The molecule has 1 aromatic rings. The first-order valence-corrected chi connectivity index (χ1v) is 8.87. The van der Waals surface area contributed by atoms with E-state index < -0.39 is 10.0 Å². The van der Waals surface area contributed by atoms with Gasteiger partial charge in [-0.2, -0.15) is 0 Å². The van der Waals surface area contributed by atoms with E-state index in [-0.39, 0.29) is 0 Å². The van der Waals surface area contributed by atoms with Gasteiger partial charge in [0.05, 0.1) is 4.90 Å². The molecular formula is C16H24N2O2S. The van der Waals surface area contributed by atoms with Crippen LogP contribution in [0.1, 0.15) is 31.2 Å². The Labute approximate surface area is 127 Å². The van der Waals surface area contributed by atoms with Gasteiger partial charge in [-0.1, -0.05) is 18.2 Å². The van der Waals surface area contributed by atoms with Crippen molar-refractivity contribution in [1.82, 2.24) is 9.62 Å². The van der Waals surface area contributed by atoms with Gasteiger partial charge < -0.3 is 5.32 Å². The van der Waals surface area contributed by atoms with Gasteiger partial charge in [-0.3, -0.25) is 0 Å². The molecule has 0 aromatic heterocycles. The highest BCUT2D eigenvalue weighted by atomic mass is 32.2. The summed E-state index contributed by atoms with van der Waals surface area (Å²) in [5.41, 5.74) is 1.02. The maximum atomic E-state index is 12.5. The van der Waals surface area contributed by atoms with E-state index in [4.69, 9.17) is 0 Å². The van der Waals surface area contributed by atoms with Gasteiger partial charge in [0.2, 0.25) is 10.0 Å². The zero-order valence-electron chi connectivity index (χ0n) is 12.6. The predicted octanol–water partition coefficient (Wildman–Crippen LogP) is 2.53. The van der Waals surface area contributed by atoms with Crippen LogP contribution >= 0.6 is 0 Å². The monoisotopic (exact) mass is 308 g/mol. The first-order chi connectivity index (χ1) is 10.0. The zero-order valence-corrected chi connectivity index (χ0v) is 13.4. The van der Waals surface area contributed by atoms with Gasteiger partial charge in [-0.15, -0.1) is 6.58 Å². The predicted molar refractivity (Wildman–Crippen MR) is 85.6 cm³/mol. The molecule has 5 heteroatoms. The van der Waals surface area contributed by atoms with Crippen molar-refractivity contribution in [1.29, 1.82) is 0 Å². The molecule has 0 spiro atoms. The number of hydrogen-bond acceptors (Lipinski definition) is 3. The van der Waals surface area contributed by atoms with Crippen LogP contribution in [0.25, 0.3) is 0 Å². The fourth-order valence-corrected chi connectivity index (χ4v) is 3.40. The Balaban J connectivity index is 2.03. The number of allylic oxidation sites excluding steroid dienone is 1. The lowest BCUT2D eigenvalue weighted by Gasteiger charge is -2.17. The van der Waals surface area contributed by atoms with Gasteiger partial charge in [-0.25, -0.2) is 12.7 Å². The zero-order chi connectivity index (χ0) is 15.3. The molecule has 0 atom stereocenters. The minimum atomic E-state index is -3.39. The Morgan fingerprint density at radius 2 is 2.19 bits per heavy atom. The van der Waals surface area contributed by atoms with Gasteiger partial charge in [-0.05, 0) is 43.4 Å². The standard InChI is InChI=1S/C16H24N2O2S/c1-3-4-5-11-18(2)21(19,20)16-8-6-7-14(12-16)13-17-15-9-10-15/h3,6-8,12,15,17H,1,4-5,9-11,13H2,2H3. The molecule has 116 valence electrons. The molecule has 0 amide bonds. The van der Waals surface area contributed by atoms with E-state index in [1.807, 2.05) is 18.2 Å². The normalized spacial score (nSPS) is 15.3. The first-order valence-electron chi connectivity index (χ1n) is 7.43. The van der Waals surface area contributed by atoms with Crippen molar-refractivity contribution in [3.05, 3.63) is 42.5 Å². The van der Waals surface area contributed by atoms with Crippen molar-refractivity contribution in [2.75, 3.05) is 13.6 Å². The van der Waals surface area contributed by atoms with Crippen molar-refractivity contribution in [3.63, 3.8) is 0 Å². The van der Waals surface area contributed by atoms with E-state index in [0.29, 0.717) is 17.5 Å². The summed E-state index contributed by atoms with van der Waals surface area (Å²) in [7, 11) is -1.76. The summed E-state index contributed by atoms with van der Waals surface area (Å²) in [5.74, 6) is 0. The largest absolute Gasteiger partial charge is 0.310 e. The third kappa shape index (κ3) is 4.66. The van der Waals surface area contributed by atoms with Gasteiger partial charge in [0.1, 0.15) is 0 Å². The average molecular weight is 308 g/mol. The van der Waals surface area contributed by atoms with Crippen LogP contribution in [-0.4, -0.2) is 32.4 Å². The average Bonchev–Trinajstić information content (AvgIpc) is 3.30. The fourth-order valence-electron chi connectivity index (χ4n) is 2.12. The molecule has 21 heavy (non-hydrogen) atoms. The van der Waals surface area contributed by atoms with Crippen molar-refractivity contribution in [2.45, 2.75) is 43.2 Å². The quantitative estimate of drug-likeness (QED) is 0.563. The molecule has 1 saturated carbocycles. The SMILES string of the molecule is C=CCCCN(C)S(=O)(=O)c1cccc(CNC2CC2)c1. The summed E-state index contributed by atoms with van der Waals surface area (Å²) < 4.78 is 26.4. The molecule has 1 aliphatic rings. The fraction of sp³-hybridized carbons (Fsp3) is 0.500. The van der Waals surface area contributed by atoms with Crippen LogP contribution < -0.4 is 5.32 Å². The molecule has 1 N–H and O–H groups in total. The number of unbranched alkanes of at least 4 members (excludes halogenated alkanes) is 1. The van der Waals surface area contributed by atoms with Gasteiger partial charge >= 0.3 is 0 Å².